The van der Waals surface area contributed by atoms with Gasteiger partial charge >= 0.3 is 0 Å². The maximum Gasteiger partial charge on any atom is 0.243 e. The SMILES string of the molecule is COc1ccc(/C=N/NC(=O)C2CCN(Cc3ccc(Cl)cc3)CC2)cc1. The number of benzene rings is 2. The van der Waals surface area contributed by atoms with E-state index in [1.165, 1.54) is 5.56 Å². The minimum atomic E-state index is -0.00842. The van der Waals surface area contributed by atoms with Crippen LogP contribution in [-0.4, -0.2) is 37.2 Å². The van der Waals surface area contributed by atoms with Crippen molar-refractivity contribution in [2.24, 2.45) is 11.0 Å². The molecule has 1 fully saturated rings. The summed E-state index contributed by atoms with van der Waals surface area (Å²) in [5.41, 5.74) is 4.82. The van der Waals surface area contributed by atoms with Gasteiger partial charge in [0.2, 0.25) is 5.91 Å². The van der Waals surface area contributed by atoms with Gasteiger partial charge < -0.3 is 4.74 Å². The number of hydrogen-bond donors (Lipinski definition) is 1. The summed E-state index contributed by atoms with van der Waals surface area (Å²) in [6, 6.07) is 15.4. The van der Waals surface area contributed by atoms with Crippen molar-refractivity contribution in [3.63, 3.8) is 0 Å². The van der Waals surface area contributed by atoms with Gasteiger partial charge in [-0.05, 0) is 73.5 Å². The molecule has 0 spiro atoms. The molecule has 0 unspecified atom stereocenters. The van der Waals surface area contributed by atoms with Crippen LogP contribution in [0.1, 0.15) is 24.0 Å². The summed E-state index contributed by atoms with van der Waals surface area (Å²) in [6.45, 7) is 2.70. The number of halogens is 1. The van der Waals surface area contributed by atoms with Gasteiger partial charge in [0.1, 0.15) is 5.75 Å². The summed E-state index contributed by atoms with van der Waals surface area (Å²) < 4.78 is 5.12. The van der Waals surface area contributed by atoms with Crippen LogP contribution in [0.5, 0.6) is 5.75 Å². The molecule has 2 aromatic rings. The van der Waals surface area contributed by atoms with E-state index in [0.29, 0.717) is 0 Å². The first-order chi connectivity index (χ1) is 13.1. The molecule has 1 aliphatic rings. The maximum atomic E-state index is 12.3. The Kier molecular flexibility index (Phi) is 6.85. The van der Waals surface area contributed by atoms with Gasteiger partial charge in [0, 0.05) is 17.5 Å². The third-order valence-electron chi connectivity index (χ3n) is 4.78. The molecule has 142 valence electrons. The number of hydrogen-bond acceptors (Lipinski definition) is 4. The van der Waals surface area contributed by atoms with Crippen molar-refractivity contribution in [3.8, 4) is 5.75 Å². The first kappa shape index (κ1) is 19.4. The highest BCUT2D eigenvalue weighted by Gasteiger charge is 2.24. The number of nitrogens with zero attached hydrogens (tertiary/aromatic N) is 2. The fourth-order valence-electron chi connectivity index (χ4n) is 3.15. The minimum Gasteiger partial charge on any atom is -0.497 e. The number of amides is 1. The summed E-state index contributed by atoms with van der Waals surface area (Å²) in [7, 11) is 1.63. The predicted octanol–water partition coefficient (Wildman–Crippen LogP) is 3.71. The monoisotopic (exact) mass is 385 g/mol. The summed E-state index contributed by atoms with van der Waals surface area (Å²) in [5, 5.41) is 4.83. The molecule has 3 rings (SSSR count). The smallest absolute Gasteiger partial charge is 0.243 e. The van der Waals surface area contributed by atoms with Crippen LogP contribution in [0.2, 0.25) is 5.02 Å². The molecule has 0 atom stereocenters. The van der Waals surface area contributed by atoms with E-state index in [1.54, 1.807) is 13.3 Å². The summed E-state index contributed by atoms with van der Waals surface area (Å²) in [4.78, 5) is 14.7. The van der Waals surface area contributed by atoms with Gasteiger partial charge in [-0.15, -0.1) is 0 Å². The number of rotatable bonds is 6. The topological polar surface area (TPSA) is 53.9 Å². The van der Waals surface area contributed by atoms with E-state index in [1.807, 2.05) is 36.4 Å². The molecule has 27 heavy (non-hydrogen) atoms. The number of carbonyl (C=O) groups is 1. The van der Waals surface area contributed by atoms with E-state index >= 15 is 0 Å². The molecule has 5 nitrogen and oxygen atoms in total. The van der Waals surface area contributed by atoms with Crippen LogP contribution < -0.4 is 10.2 Å². The van der Waals surface area contributed by atoms with Crippen molar-refractivity contribution in [3.05, 3.63) is 64.7 Å². The molecule has 1 saturated heterocycles. The summed E-state index contributed by atoms with van der Waals surface area (Å²) in [5.74, 6) is 0.798. The Balaban J connectivity index is 1.42. The average molecular weight is 386 g/mol. The number of hydrazone groups is 1. The van der Waals surface area contributed by atoms with E-state index in [4.69, 9.17) is 16.3 Å². The van der Waals surface area contributed by atoms with E-state index in [2.05, 4.69) is 27.6 Å². The Morgan fingerprint density at radius 1 is 1.19 bits per heavy atom. The lowest BCUT2D eigenvalue weighted by molar-refractivity contribution is -0.126. The first-order valence-electron chi connectivity index (χ1n) is 9.08. The van der Waals surface area contributed by atoms with Gasteiger partial charge in [0.25, 0.3) is 0 Å². The molecule has 0 saturated carbocycles. The standard InChI is InChI=1S/C21H24ClN3O2/c1-27-20-8-4-16(5-9-20)14-23-24-21(26)18-10-12-25(13-11-18)15-17-2-6-19(22)7-3-17/h2-9,14,18H,10-13,15H2,1H3,(H,24,26)/b23-14+. The van der Waals surface area contributed by atoms with Gasteiger partial charge in [-0.1, -0.05) is 23.7 Å². The number of ether oxygens (including phenoxy) is 1. The molecular weight excluding hydrogens is 362 g/mol. The zero-order valence-electron chi connectivity index (χ0n) is 15.4. The third kappa shape index (κ3) is 5.81. The molecule has 6 heteroatoms. The number of likely N-dealkylation sites (tertiary alicyclic amines) is 1. The van der Waals surface area contributed by atoms with Crippen molar-refractivity contribution in [1.29, 1.82) is 0 Å². The Morgan fingerprint density at radius 3 is 2.48 bits per heavy atom. The molecule has 0 aliphatic carbocycles. The zero-order valence-corrected chi connectivity index (χ0v) is 16.2. The first-order valence-corrected chi connectivity index (χ1v) is 9.45. The number of carbonyl (C=O) groups excluding carboxylic acids is 1. The fourth-order valence-corrected chi connectivity index (χ4v) is 3.28. The van der Waals surface area contributed by atoms with Crippen molar-refractivity contribution in [2.45, 2.75) is 19.4 Å². The van der Waals surface area contributed by atoms with Crippen LogP contribution in [0.25, 0.3) is 0 Å². The zero-order chi connectivity index (χ0) is 19.1. The van der Waals surface area contributed by atoms with Crippen molar-refractivity contribution in [2.75, 3.05) is 20.2 Å². The minimum absolute atomic E-state index is 0.00842. The van der Waals surface area contributed by atoms with Crippen molar-refractivity contribution >= 4 is 23.7 Å². The van der Waals surface area contributed by atoms with Gasteiger partial charge in [-0.25, -0.2) is 5.43 Å². The van der Waals surface area contributed by atoms with Crippen LogP contribution >= 0.6 is 11.6 Å². The molecule has 2 aromatic carbocycles. The van der Waals surface area contributed by atoms with Crippen LogP contribution in [0.4, 0.5) is 0 Å². The Labute approximate surface area is 165 Å². The molecular formula is C21H24ClN3O2. The second kappa shape index (κ2) is 9.53. The van der Waals surface area contributed by atoms with E-state index in [0.717, 1.165) is 48.8 Å². The third-order valence-corrected chi connectivity index (χ3v) is 5.03. The van der Waals surface area contributed by atoms with Crippen LogP contribution in [0.3, 0.4) is 0 Å². The van der Waals surface area contributed by atoms with E-state index in [9.17, 15) is 4.79 Å². The van der Waals surface area contributed by atoms with Gasteiger partial charge in [0.15, 0.2) is 0 Å². The fraction of sp³-hybridized carbons (Fsp3) is 0.333. The summed E-state index contributed by atoms with van der Waals surface area (Å²) >= 11 is 5.93. The van der Waals surface area contributed by atoms with E-state index < -0.39 is 0 Å². The Hall–Kier alpha value is -2.37. The molecule has 1 aliphatic heterocycles. The highest BCUT2D eigenvalue weighted by Crippen LogP contribution is 2.20. The normalized spacial score (nSPS) is 15.8. The Bertz CT molecular complexity index is 767. The average Bonchev–Trinajstić information content (AvgIpc) is 2.71. The van der Waals surface area contributed by atoms with Gasteiger partial charge in [-0.2, -0.15) is 5.10 Å². The molecule has 1 heterocycles. The van der Waals surface area contributed by atoms with Crippen LogP contribution in [0.15, 0.2) is 53.6 Å². The predicted molar refractivity (Wildman–Crippen MR) is 108 cm³/mol. The lowest BCUT2D eigenvalue weighted by atomic mass is 9.96. The highest BCUT2D eigenvalue weighted by atomic mass is 35.5. The maximum absolute atomic E-state index is 12.3. The molecule has 1 amide bonds. The van der Waals surface area contributed by atoms with Crippen molar-refractivity contribution < 1.29 is 9.53 Å². The molecule has 0 radical (unpaired) electrons. The molecule has 0 bridgehead atoms. The van der Waals surface area contributed by atoms with E-state index in [-0.39, 0.29) is 11.8 Å². The van der Waals surface area contributed by atoms with Crippen molar-refractivity contribution in [1.82, 2.24) is 10.3 Å². The van der Waals surface area contributed by atoms with Gasteiger partial charge in [-0.3, -0.25) is 9.69 Å². The largest absolute Gasteiger partial charge is 0.497 e. The quantitative estimate of drug-likeness (QED) is 0.609. The number of nitrogens with one attached hydrogen (secondary N) is 1. The van der Waals surface area contributed by atoms with Gasteiger partial charge in [0.05, 0.1) is 13.3 Å². The van der Waals surface area contributed by atoms with Crippen LogP contribution in [-0.2, 0) is 11.3 Å². The second-order valence-electron chi connectivity index (χ2n) is 6.68. The number of methoxy groups -OCH3 is 1. The second-order valence-corrected chi connectivity index (χ2v) is 7.12. The lowest BCUT2D eigenvalue weighted by Crippen LogP contribution is -2.39. The van der Waals surface area contributed by atoms with Crippen LogP contribution in [0, 0.1) is 5.92 Å². The lowest BCUT2D eigenvalue weighted by Gasteiger charge is -2.30. The molecule has 0 aromatic heterocycles. The summed E-state index contributed by atoms with van der Waals surface area (Å²) in [6.07, 6.45) is 3.34. The molecule has 1 N–H and O–H groups in total. The highest BCUT2D eigenvalue weighted by molar-refractivity contribution is 6.30. The Morgan fingerprint density at radius 2 is 1.85 bits per heavy atom. The number of piperidine rings is 1.